The lowest BCUT2D eigenvalue weighted by Crippen LogP contribution is -2.52. The summed E-state index contributed by atoms with van der Waals surface area (Å²) in [5.74, 6) is -1.67. The number of alkyl halides is 1. The third-order valence-electron chi connectivity index (χ3n) is 4.47. The maximum absolute atomic E-state index is 14.6. The number of rotatable bonds is 4. The van der Waals surface area contributed by atoms with E-state index in [1.165, 1.54) is 12.3 Å². The van der Waals surface area contributed by atoms with Gasteiger partial charge in [0.2, 0.25) is 0 Å². The number of nitrogens with zero attached hydrogens (tertiary/aromatic N) is 2. The first-order valence-electron chi connectivity index (χ1n) is 8.20. The summed E-state index contributed by atoms with van der Waals surface area (Å²) in [4.78, 5) is 31.7. The van der Waals surface area contributed by atoms with Crippen LogP contribution < -0.4 is 10.2 Å². The molecular weight excluding hydrogens is 398 g/mol. The highest BCUT2D eigenvalue weighted by Gasteiger charge is 2.32. The number of aromatic amines is 1. The van der Waals surface area contributed by atoms with Crippen LogP contribution >= 0.6 is 23.2 Å². The average Bonchev–Trinajstić information content (AvgIpc) is 2.91. The number of pyridine rings is 1. The molecule has 3 rings (SSSR count). The molecule has 0 aromatic carbocycles. The number of piperidine rings is 1. The van der Waals surface area contributed by atoms with Crippen LogP contribution in [-0.4, -0.2) is 52.3 Å². The Balaban J connectivity index is 1.66. The molecule has 1 aliphatic heterocycles. The summed E-state index contributed by atoms with van der Waals surface area (Å²) >= 11 is 12.0. The van der Waals surface area contributed by atoms with Gasteiger partial charge in [0, 0.05) is 24.1 Å². The molecule has 1 amide bonds. The van der Waals surface area contributed by atoms with Gasteiger partial charge in [-0.3, -0.25) is 4.79 Å². The van der Waals surface area contributed by atoms with Crippen molar-refractivity contribution in [3.8, 4) is 0 Å². The van der Waals surface area contributed by atoms with E-state index in [-0.39, 0.29) is 28.0 Å². The van der Waals surface area contributed by atoms with Crippen molar-refractivity contribution in [3.63, 3.8) is 0 Å². The Labute approximate surface area is 164 Å². The molecule has 1 fully saturated rings. The molecule has 3 N–H and O–H groups in total. The quantitative estimate of drug-likeness (QED) is 0.713. The summed E-state index contributed by atoms with van der Waals surface area (Å²) < 4.78 is 14.6. The summed E-state index contributed by atoms with van der Waals surface area (Å²) in [6.45, 7) is 2.15. The molecule has 0 aliphatic carbocycles. The van der Waals surface area contributed by atoms with Crippen LogP contribution in [0.5, 0.6) is 0 Å². The Morgan fingerprint density at radius 1 is 1.41 bits per heavy atom. The number of aryl methyl sites for hydroxylation is 1. The Bertz CT molecular complexity index is 889. The molecule has 3 heterocycles. The smallest absolute Gasteiger partial charge is 0.354 e. The number of H-pyrrole nitrogens is 1. The van der Waals surface area contributed by atoms with E-state index in [2.05, 4.69) is 15.3 Å². The largest absolute Gasteiger partial charge is 0.477 e. The number of carboxylic acid groups (broad SMARTS) is 1. The Morgan fingerprint density at radius 3 is 2.74 bits per heavy atom. The lowest BCUT2D eigenvalue weighted by molar-refractivity contribution is 0.0690. The van der Waals surface area contributed by atoms with Gasteiger partial charge >= 0.3 is 5.97 Å². The number of carbonyl (C=O) groups is 2. The van der Waals surface area contributed by atoms with E-state index in [0.717, 1.165) is 0 Å². The second kappa shape index (κ2) is 7.74. The third kappa shape index (κ3) is 4.01. The fourth-order valence-electron chi connectivity index (χ4n) is 3.00. The summed E-state index contributed by atoms with van der Waals surface area (Å²) in [5, 5.41) is 12.0. The standard InChI is InChI=1S/C17H17Cl2FN4O3/c1-8-13(18)14(19)15(22-8)16(25)23-11-3-5-24(7-10(11)20)9-2-4-21-12(6-9)17(26)27/h2,4,6,10-11,22H,3,5,7H2,1H3,(H,23,25)(H,26,27)/t10-,11+/m0/s1. The van der Waals surface area contributed by atoms with Crippen molar-refractivity contribution in [2.45, 2.75) is 25.6 Å². The lowest BCUT2D eigenvalue weighted by atomic mass is 10.0. The molecule has 7 nitrogen and oxygen atoms in total. The third-order valence-corrected chi connectivity index (χ3v) is 5.41. The Kier molecular flexibility index (Phi) is 5.57. The maximum atomic E-state index is 14.6. The van der Waals surface area contributed by atoms with Crippen molar-refractivity contribution in [1.82, 2.24) is 15.3 Å². The number of amides is 1. The predicted molar refractivity (Wildman–Crippen MR) is 99.7 cm³/mol. The second-order valence-corrected chi connectivity index (χ2v) is 7.04. The number of hydrogen-bond acceptors (Lipinski definition) is 4. The first kappa shape index (κ1) is 19.4. The van der Waals surface area contributed by atoms with E-state index in [1.807, 2.05) is 0 Å². The van der Waals surface area contributed by atoms with Crippen molar-refractivity contribution in [3.05, 3.63) is 45.5 Å². The van der Waals surface area contributed by atoms with Crippen LogP contribution in [0.15, 0.2) is 18.3 Å². The number of hydrogen-bond donors (Lipinski definition) is 3. The van der Waals surface area contributed by atoms with Crippen LogP contribution in [-0.2, 0) is 0 Å². The highest BCUT2D eigenvalue weighted by atomic mass is 35.5. The van der Waals surface area contributed by atoms with Gasteiger partial charge in [0.15, 0.2) is 0 Å². The first-order valence-corrected chi connectivity index (χ1v) is 8.96. The van der Waals surface area contributed by atoms with E-state index < -0.39 is 24.1 Å². The van der Waals surface area contributed by atoms with Crippen molar-refractivity contribution >= 4 is 40.8 Å². The zero-order chi connectivity index (χ0) is 19.7. The molecule has 0 spiro atoms. The first-order chi connectivity index (χ1) is 12.8. The van der Waals surface area contributed by atoms with E-state index in [1.54, 1.807) is 17.9 Å². The monoisotopic (exact) mass is 414 g/mol. The second-order valence-electron chi connectivity index (χ2n) is 6.29. The molecule has 0 radical (unpaired) electrons. The molecule has 10 heteroatoms. The molecule has 2 aromatic heterocycles. The van der Waals surface area contributed by atoms with Crippen LogP contribution in [0.3, 0.4) is 0 Å². The van der Waals surface area contributed by atoms with Gasteiger partial charge in [0.25, 0.3) is 5.91 Å². The lowest BCUT2D eigenvalue weighted by Gasteiger charge is -2.36. The summed E-state index contributed by atoms with van der Waals surface area (Å²) in [6, 6.07) is 2.34. The van der Waals surface area contributed by atoms with Gasteiger partial charge in [-0.15, -0.1) is 0 Å². The van der Waals surface area contributed by atoms with Crippen molar-refractivity contribution in [2.75, 3.05) is 18.0 Å². The van der Waals surface area contributed by atoms with Crippen LogP contribution in [0, 0.1) is 6.92 Å². The summed E-state index contributed by atoms with van der Waals surface area (Å²) in [5.41, 5.74) is 1.14. The number of carboxylic acids is 1. The van der Waals surface area contributed by atoms with Crippen LogP contribution in [0.1, 0.15) is 33.1 Å². The number of carbonyl (C=O) groups excluding carboxylic acids is 1. The van der Waals surface area contributed by atoms with Gasteiger partial charge < -0.3 is 20.3 Å². The van der Waals surface area contributed by atoms with Crippen molar-refractivity contribution in [1.29, 1.82) is 0 Å². The predicted octanol–water partition coefficient (Wildman–Crippen LogP) is 3.07. The normalized spacial score (nSPS) is 19.8. The highest BCUT2D eigenvalue weighted by molar-refractivity contribution is 6.44. The zero-order valence-electron chi connectivity index (χ0n) is 14.3. The van der Waals surface area contributed by atoms with Crippen molar-refractivity contribution in [2.24, 2.45) is 0 Å². The summed E-state index contributed by atoms with van der Waals surface area (Å²) in [7, 11) is 0. The number of anilines is 1. The molecular formula is C17H17Cl2FN4O3. The van der Waals surface area contributed by atoms with E-state index in [9.17, 15) is 14.0 Å². The minimum Gasteiger partial charge on any atom is -0.477 e. The fraction of sp³-hybridized carbons (Fsp3) is 0.353. The van der Waals surface area contributed by atoms with Crippen LogP contribution in [0.25, 0.3) is 0 Å². The Morgan fingerprint density at radius 2 is 2.15 bits per heavy atom. The molecule has 2 aromatic rings. The van der Waals surface area contributed by atoms with Crippen LogP contribution in [0.4, 0.5) is 10.1 Å². The zero-order valence-corrected chi connectivity index (χ0v) is 15.8. The number of aromatic nitrogens is 2. The number of nitrogens with one attached hydrogen (secondary N) is 2. The average molecular weight is 415 g/mol. The maximum Gasteiger partial charge on any atom is 0.354 e. The molecule has 1 saturated heterocycles. The fourth-order valence-corrected chi connectivity index (χ4v) is 3.42. The molecule has 144 valence electrons. The van der Waals surface area contributed by atoms with Gasteiger partial charge in [-0.1, -0.05) is 23.2 Å². The molecule has 0 saturated carbocycles. The van der Waals surface area contributed by atoms with Gasteiger partial charge in [-0.25, -0.2) is 14.2 Å². The van der Waals surface area contributed by atoms with Crippen molar-refractivity contribution < 1.29 is 19.1 Å². The minimum absolute atomic E-state index is 0.0201. The summed E-state index contributed by atoms with van der Waals surface area (Å²) in [6.07, 6.45) is 0.386. The SMILES string of the molecule is Cc1[nH]c(C(=O)N[C@@H]2CCN(c3ccnc(C(=O)O)c3)C[C@@H]2F)c(Cl)c1Cl. The van der Waals surface area contributed by atoms with E-state index >= 15 is 0 Å². The number of aromatic carboxylic acids is 1. The molecule has 1 aliphatic rings. The van der Waals surface area contributed by atoms with Gasteiger partial charge in [0.1, 0.15) is 17.6 Å². The molecule has 0 bridgehead atoms. The van der Waals surface area contributed by atoms with Crippen LogP contribution in [0.2, 0.25) is 10.0 Å². The molecule has 2 atom stereocenters. The van der Waals surface area contributed by atoms with E-state index in [4.69, 9.17) is 28.3 Å². The van der Waals surface area contributed by atoms with E-state index in [0.29, 0.717) is 24.3 Å². The minimum atomic E-state index is -1.34. The van der Waals surface area contributed by atoms with Gasteiger partial charge in [0.05, 0.1) is 22.6 Å². The topological polar surface area (TPSA) is 98.3 Å². The Hall–Kier alpha value is -2.32. The molecule has 0 unspecified atom stereocenters. The number of halogens is 3. The highest BCUT2D eigenvalue weighted by Crippen LogP contribution is 2.29. The molecule has 27 heavy (non-hydrogen) atoms. The van der Waals surface area contributed by atoms with Gasteiger partial charge in [-0.2, -0.15) is 0 Å². The van der Waals surface area contributed by atoms with Gasteiger partial charge in [-0.05, 0) is 25.5 Å².